The molecule has 6 heteroatoms. The summed E-state index contributed by atoms with van der Waals surface area (Å²) in [5.74, 6) is 0.110. The monoisotopic (exact) mass is 325 g/mol. The van der Waals surface area contributed by atoms with Gasteiger partial charge in [-0.3, -0.25) is 0 Å². The molecule has 0 aliphatic rings. The molecule has 0 fully saturated rings. The van der Waals surface area contributed by atoms with Crippen LogP contribution in [0.1, 0.15) is 31.9 Å². The lowest BCUT2D eigenvalue weighted by molar-refractivity contribution is -0.274. The van der Waals surface area contributed by atoms with Gasteiger partial charge < -0.3 is 10.5 Å². The van der Waals surface area contributed by atoms with Crippen LogP contribution in [-0.4, -0.2) is 6.36 Å². The second-order valence-electron chi connectivity index (χ2n) is 4.47. The molecule has 1 aromatic rings. The highest BCUT2D eigenvalue weighted by Crippen LogP contribution is 2.32. The van der Waals surface area contributed by atoms with Crippen LogP contribution < -0.4 is 10.5 Å². The van der Waals surface area contributed by atoms with Crippen molar-refractivity contribution in [3.8, 4) is 5.75 Å². The van der Waals surface area contributed by atoms with Crippen LogP contribution in [0.5, 0.6) is 5.75 Å². The van der Waals surface area contributed by atoms with Crippen molar-refractivity contribution in [1.82, 2.24) is 0 Å². The maximum atomic E-state index is 12.1. The molecule has 1 unspecified atom stereocenters. The normalized spacial score (nSPS) is 13.8. The fraction of sp³-hybridized carbons (Fsp3) is 0.500. The van der Waals surface area contributed by atoms with Crippen LogP contribution in [0.3, 0.4) is 0 Å². The molecule has 102 valence electrons. The predicted molar refractivity (Wildman–Crippen MR) is 67.2 cm³/mol. The Kier molecular flexibility index (Phi) is 5.04. The third kappa shape index (κ3) is 4.86. The molecule has 1 atom stereocenters. The Balaban J connectivity index is 2.94. The molecule has 2 nitrogen and oxygen atoms in total. The fourth-order valence-electron chi connectivity index (χ4n) is 1.64. The lowest BCUT2D eigenvalue weighted by Crippen LogP contribution is -2.18. The van der Waals surface area contributed by atoms with Gasteiger partial charge in [0.1, 0.15) is 5.75 Å². The van der Waals surface area contributed by atoms with E-state index in [4.69, 9.17) is 5.73 Å². The average Bonchev–Trinajstić information content (AvgIpc) is 2.17. The second-order valence-corrected chi connectivity index (χ2v) is 5.32. The van der Waals surface area contributed by atoms with E-state index in [1.54, 1.807) is 0 Å². The van der Waals surface area contributed by atoms with E-state index in [1.165, 1.54) is 18.2 Å². The van der Waals surface area contributed by atoms with Crippen molar-refractivity contribution < 1.29 is 17.9 Å². The quantitative estimate of drug-likeness (QED) is 0.890. The summed E-state index contributed by atoms with van der Waals surface area (Å²) >= 11 is 3.28. The van der Waals surface area contributed by atoms with Crippen LogP contribution in [0.2, 0.25) is 0 Å². The smallest absolute Gasteiger partial charge is 0.406 e. The van der Waals surface area contributed by atoms with Gasteiger partial charge in [0.2, 0.25) is 0 Å². The van der Waals surface area contributed by atoms with E-state index in [1.807, 2.05) is 13.8 Å². The van der Waals surface area contributed by atoms with Crippen LogP contribution in [0.25, 0.3) is 0 Å². The molecule has 0 aliphatic heterocycles. The van der Waals surface area contributed by atoms with Gasteiger partial charge in [0.15, 0.2) is 0 Å². The van der Waals surface area contributed by atoms with Crippen LogP contribution in [-0.2, 0) is 0 Å². The Morgan fingerprint density at radius 2 is 1.94 bits per heavy atom. The third-order valence-corrected chi connectivity index (χ3v) is 3.05. The summed E-state index contributed by atoms with van der Waals surface area (Å²) in [6.45, 7) is 4.01. The molecule has 2 N–H and O–H groups in total. The van der Waals surface area contributed by atoms with Gasteiger partial charge in [0.25, 0.3) is 0 Å². The van der Waals surface area contributed by atoms with E-state index in [0.717, 1.165) is 0 Å². The molecule has 0 heterocycles. The van der Waals surface area contributed by atoms with Crippen molar-refractivity contribution >= 4 is 15.9 Å². The summed E-state index contributed by atoms with van der Waals surface area (Å²) < 4.78 is 40.9. The van der Waals surface area contributed by atoms with Crippen molar-refractivity contribution in [3.05, 3.63) is 28.2 Å². The van der Waals surface area contributed by atoms with Crippen LogP contribution in [0.15, 0.2) is 22.7 Å². The van der Waals surface area contributed by atoms with Crippen LogP contribution >= 0.6 is 15.9 Å². The topological polar surface area (TPSA) is 35.2 Å². The van der Waals surface area contributed by atoms with E-state index in [-0.39, 0.29) is 11.8 Å². The lowest BCUT2D eigenvalue weighted by atomic mass is 9.98. The zero-order valence-electron chi connectivity index (χ0n) is 10.1. The van der Waals surface area contributed by atoms with Crippen LogP contribution in [0.4, 0.5) is 13.2 Å². The molecule has 18 heavy (non-hydrogen) atoms. The molecule has 1 aromatic carbocycles. The zero-order valence-corrected chi connectivity index (χ0v) is 11.7. The van der Waals surface area contributed by atoms with Gasteiger partial charge in [-0.2, -0.15) is 0 Å². The largest absolute Gasteiger partial charge is 0.573 e. The molecule has 0 amide bonds. The van der Waals surface area contributed by atoms with Gasteiger partial charge in [0, 0.05) is 10.5 Å². The summed E-state index contributed by atoms with van der Waals surface area (Å²) in [6.07, 6.45) is -4.00. The molecule has 0 saturated heterocycles. The van der Waals surface area contributed by atoms with Gasteiger partial charge >= 0.3 is 6.36 Å². The summed E-state index contributed by atoms with van der Waals surface area (Å²) in [5, 5.41) is 0. The highest BCUT2D eigenvalue weighted by Gasteiger charge is 2.31. The number of benzene rings is 1. The number of nitrogens with two attached hydrogens (primary N) is 1. The third-order valence-electron chi connectivity index (χ3n) is 2.33. The maximum Gasteiger partial charge on any atom is 0.573 e. The van der Waals surface area contributed by atoms with E-state index >= 15 is 0 Å². The number of hydrogen-bond acceptors (Lipinski definition) is 2. The van der Waals surface area contributed by atoms with Crippen molar-refractivity contribution in [3.63, 3.8) is 0 Å². The van der Waals surface area contributed by atoms with Crippen molar-refractivity contribution in [2.45, 2.75) is 32.7 Å². The second kappa shape index (κ2) is 5.93. The minimum atomic E-state index is -4.69. The summed E-state index contributed by atoms with van der Waals surface area (Å²) in [6, 6.07) is 3.76. The molecule has 0 bridgehead atoms. The Bertz CT molecular complexity index is 407. The van der Waals surface area contributed by atoms with Crippen LogP contribution in [0, 0.1) is 5.92 Å². The SMILES string of the molecule is CC(C)CC(N)c1cc(OC(F)(F)F)ccc1Br. The molecule has 0 saturated carbocycles. The Morgan fingerprint density at radius 1 is 1.33 bits per heavy atom. The minimum absolute atomic E-state index is 0.250. The summed E-state index contributed by atoms with van der Waals surface area (Å²) in [5.41, 5.74) is 6.58. The number of hydrogen-bond donors (Lipinski definition) is 1. The number of alkyl halides is 3. The number of rotatable bonds is 4. The first-order valence-corrected chi connectivity index (χ1v) is 6.29. The molecule has 1 rings (SSSR count). The predicted octanol–water partition coefficient (Wildman–Crippen LogP) is 4.39. The zero-order chi connectivity index (χ0) is 13.9. The van der Waals surface area contributed by atoms with Gasteiger partial charge in [0.05, 0.1) is 0 Å². The fourth-order valence-corrected chi connectivity index (χ4v) is 2.18. The van der Waals surface area contributed by atoms with Gasteiger partial charge in [-0.15, -0.1) is 13.2 Å². The van der Waals surface area contributed by atoms with Gasteiger partial charge in [-0.25, -0.2) is 0 Å². The molecule has 0 spiro atoms. The maximum absolute atomic E-state index is 12.1. The summed E-state index contributed by atoms with van der Waals surface area (Å²) in [4.78, 5) is 0. The van der Waals surface area contributed by atoms with Crippen molar-refractivity contribution in [1.29, 1.82) is 0 Å². The average molecular weight is 326 g/mol. The highest BCUT2D eigenvalue weighted by molar-refractivity contribution is 9.10. The van der Waals surface area contributed by atoms with Crippen molar-refractivity contribution in [2.24, 2.45) is 11.7 Å². The Hall–Kier alpha value is -0.750. The summed E-state index contributed by atoms with van der Waals surface area (Å²) in [7, 11) is 0. The molecule has 0 aromatic heterocycles. The van der Waals surface area contributed by atoms with E-state index in [2.05, 4.69) is 20.7 Å². The molecular weight excluding hydrogens is 311 g/mol. The first kappa shape index (κ1) is 15.3. The van der Waals surface area contributed by atoms with Gasteiger partial charge in [-0.1, -0.05) is 29.8 Å². The minimum Gasteiger partial charge on any atom is -0.406 e. The first-order valence-electron chi connectivity index (χ1n) is 5.50. The van der Waals surface area contributed by atoms with Gasteiger partial charge in [-0.05, 0) is 36.1 Å². The van der Waals surface area contributed by atoms with E-state index in [0.29, 0.717) is 22.4 Å². The highest BCUT2D eigenvalue weighted by atomic mass is 79.9. The van der Waals surface area contributed by atoms with Crippen molar-refractivity contribution in [2.75, 3.05) is 0 Å². The number of ether oxygens (including phenoxy) is 1. The molecular formula is C12H15BrF3NO. The number of halogens is 4. The Morgan fingerprint density at radius 3 is 2.44 bits per heavy atom. The first-order chi connectivity index (χ1) is 8.19. The van der Waals surface area contributed by atoms with E-state index in [9.17, 15) is 13.2 Å². The molecule has 0 radical (unpaired) electrons. The Labute approximate surface area is 112 Å². The van der Waals surface area contributed by atoms with E-state index < -0.39 is 6.36 Å². The molecule has 0 aliphatic carbocycles. The lowest BCUT2D eigenvalue weighted by Gasteiger charge is -2.17. The standard InChI is InChI=1S/C12H15BrF3NO/c1-7(2)5-11(17)9-6-8(3-4-10(9)13)18-12(14,15)16/h3-4,6-7,11H,5,17H2,1-2H3.